The predicted molar refractivity (Wildman–Crippen MR) is 57.6 cm³/mol. The van der Waals surface area contributed by atoms with Crippen LogP contribution in [0.5, 0.6) is 0 Å². The zero-order valence-electron chi connectivity index (χ0n) is 7.95. The Bertz CT molecular complexity index is 239. The van der Waals surface area contributed by atoms with Gasteiger partial charge in [0.1, 0.15) is 0 Å². The Kier molecular flexibility index (Phi) is 4.95. The Balaban J connectivity index is 2.23. The van der Waals surface area contributed by atoms with E-state index in [1.165, 1.54) is 5.56 Å². The van der Waals surface area contributed by atoms with Crippen molar-refractivity contribution in [3.8, 4) is 0 Å². The van der Waals surface area contributed by atoms with E-state index in [9.17, 15) is 0 Å². The van der Waals surface area contributed by atoms with Crippen molar-refractivity contribution >= 4 is 0 Å². The van der Waals surface area contributed by atoms with Crippen LogP contribution in [0.25, 0.3) is 0 Å². The van der Waals surface area contributed by atoms with Crippen LogP contribution >= 0.6 is 0 Å². The number of rotatable bonds is 5. The molecule has 1 rings (SSSR count). The zero-order valence-corrected chi connectivity index (χ0v) is 7.95. The van der Waals surface area contributed by atoms with Gasteiger partial charge in [0.05, 0.1) is 0 Å². The van der Waals surface area contributed by atoms with Crippen molar-refractivity contribution in [2.75, 3.05) is 6.54 Å². The summed E-state index contributed by atoms with van der Waals surface area (Å²) in [6, 6.07) is 10.5. The second-order valence-electron chi connectivity index (χ2n) is 3.09. The van der Waals surface area contributed by atoms with E-state index in [1.54, 1.807) is 0 Å². The second kappa shape index (κ2) is 6.44. The molecule has 0 amide bonds. The number of hydrogen-bond donors (Lipinski definition) is 1. The summed E-state index contributed by atoms with van der Waals surface area (Å²) in [7, 11) is 0. The van der Waals surface area contributed by atoms with Crippen molar-refractivity contribution in [2.24, 2.45) is 5.73 Å². The highest BCUT2D eigenvalue weighted by atomic mass is 14.5. The maximum absolute atomic E-state index is 5.39. The minimum Gasteiger partial charge on any atom is -0.330 e. The fraction of sp³-hybridized carbons (Fsp3) is 0.333. The van der Waals surface area contributed by atoms with Gasteiger partial charge in [0.15, 0.2) is 0 Å². The molecule has 0 aliphatic rings. The molecule has 0 saturated carbocycles. The van der Waals surface area contributed by atoms with Gasteiger partial charge in [-0.2, -0.15) is 0 Å². The van der Waals surface area contributed by atoms with Crippen molar-refractivity contribution in [3.05, 3.63) is 48.0 Å². The molecule has 1 heteroatoms. The van der Waals surface area contributed by atoms with Crippen molar-refractivity contribution < 1.29 is 0 Å². The smallest absolute Gasteiger partial charge is 0.00743 e. The molecule has 0 radical (unpaired) electrons. The van der Waals surface area contributed by atoms with Crippen molar-refractivity contribution in [2.45, 2.75) is 19.3 Å². The molecule has 1 nitrogen and oxygen atoms in total. The lowest BCUT2D eigenvalue weighted by Crippen LogP contribution is -1.96. The normalized spacial score (nSPS) is 10.8. The van der Waals surface area contributed by atoms with E-state index in [1.807, 2.05) is 6.07 Å². The highest BCUT2D eigenvalue weighted by molar-refractivity contribution is 5.17. The zero-order chi connectivity index (χ0) is 9.36. The molecule has 0 aliphatic heterocycles. The first-order valence-corrected chi connectivity index (χ1v) is 4.82. The van der Waals surface area contributed by atoms with Gasteiger partial charge in [-0.25, -0.2) is 0 Å². The molecule has 0 spiro atoms. The minimum atomic E-state index is 0.787. The van der Waals surface area contributed by atoms with Crippen LogP contribution < -0.4 is 5.73 Å². The van der Waals surface area contributed by atoms with Gasteiger partial charge in [0.2, 0.25) is 0 Å². The molecule has 1 aromatic rings. The van der Waals surface area contributed by atoms with E-state index in [-0.39, 0.29) is 0 Å². The van der Waals surface area contributed by atoms with E-state index in [0.29, 0.717) is 0 Å². The molecule has 1 aromatic carbocycles. The van der Waals surface area contributed by atoms with Crippen LogP contribution in [0, 0.1) is 0 Å². The molecule has 70 valence electrons. The molecule has 2 N–H and O–H groups in total. The fourth-order valence-corrected chi connectivity index (χ4v) is 1.19. The van der Waals surface area contributed by atoms with E-state index in [0.717, 1.165) is 25.8 Å². The lowest BCUT2D eigenvalue weighted by Gasteiger charge is -1.94. The molecular weight excluding hydrogens is 158 g/mol. The summed E-state index contributed by atoms with van der Waals surface area (Å²) < 4.78 is 0. The molecule has 0 atom stereocenters. The van der Waals surface area contributed by atoms with Gasteiger partial charge >= 0.3 is 0 Å². The highest BCUT2D eigenvalue weighted by Gasteiger charge is 1.85. The van der Waals surface area contributed by atoms with E-state index in [4.69, 9.17) is 5.73 Å². The van der Waals surface area contributed by atoms with Crippen molar-refractivity contribution in [1.29, 1.82) is 0 Å². The highest BCUT2D eigenvalue weighted by Crippen LogP contribution is 2.00. The van der Waals surface area contributed by atoms with Crippen LogP contribution in [-0.2, 0) is 6.42 Å². The third-order valence-electron chi connectivity index (χ3n) is 1.94. The van der Waals surface area contributed by atoms with Crippen LogP contribution in [0.3, 0.4) is 0 Å². The molecule has 0 unspecified atom stereocenters. The van der Waals surface area contributed by atoms with E-state index < -0.39 is 0 Å². The van der Waals surface area contributed by atoms with E-state index in [2.05, 4.69) is 36.4 Å². The minimum absolute atomic E-state index is 0.787. The third-order valence-corrected chi connectivity index (χ3v) is 1.94. The number of unbranched alkanes of at least 4 members (excludes halogenated alkanes) is 1. The average molecular weight is 175 g/mol. The molecular formula is C12H17N. The Labute approximate surface area is 80.3 Å². The summed E-state index contributed by atoms with van der Waals surface area (Å²) in [4.78, 5) is 0. The maximum Gasteiger partial charge on any atom is -0.00743 e. The van der Waals surface area contributed by atoms with Gasteiger partial charge in [0, 0.05) is 0 Å². The predicted octanol–water partition coefficient (Wildman–Crippen LogP) is 2.52. The van der Waals surface area contributed by atoms with Gasteiger partial charge in [0.25, 0.3) is 0 Å². The average Bonchev–Trinajstić information content (AvgIpc) is 2.19. The number of hydrogen-bond acceptors (Lipinski definition) is 1. The van der Waals surface area contributed by atoms with Gasteiger partial charge in [-0.15, -0.1) is 0 Å². The lowest BCUT2D eigenvalue weighted by atomic mass is 10.1. The molecule has 0 saturated heterocycles. The Morgan fingerprint density at radius 2 is 1.85 bits per heavy atom. The molecule has 0 aliphatic carbocycles. The van der Waals surface area contributed by atoms with Crippen molar-refractivity contribution in [3.63, 3.8) is 0 Å². The topological polar surface area (TPSA) is 26.0 Å². The summed E-state index contributed by atoms with van der Waals surface area (Å²) in [5, 5.41) is 0. The fourth-order valence-electron chi connectivity index (χ4n) is 1.19. The first-order valence-electron chi connectivity index (χ1n) is 4.82. The SMILES string of the molecule is NCCCC=CCc1ccccc1. The number of benzene rings is 1. The number of allylic oxidation sites excluding steroid dienone is 2. The van der Waals surface area contributed by atoms with Gasteiger partial charge in [-0.1, -0.05) is 42.5 Å². The first-order chi connectivity index (χ1) is 6.43. The van der Waals surface area contributed by atoms with Gasteiger partial charge in [-0.05, 0) is 31.4 Å². The Morgan fingerprint density at radius 3 is 2.54 bits per heavy atom. The summed E-state index contributed by atoms with van der Waals surface area (Å²) in [6.07, 6.45) is 7.64. The Hall–Kier alpha value is -1.08. The second-order valence-corrected chi connectivity index (χ2v) is 3.09. The summed E-state index contributed by atoms with van der Waals surface area (Å²) in [5.74, 6) is 0. The largest absolute Gasteiger partial charge is 0.330 e. The van der Waals surface area contributed by atoms with Gasteiger partial charge in [-0.3, -0.25) is 0 Å². The molecule has 0 fully saturated rings. The standard InChI is InChI=1S/C12H17N/c13-11-7-2-1-4-8-12-9-5-3-6-10-12/h1,3-6,9-10H,2,7-8,11,13H2. The van der Waals surface area contributed by atoms with Crippen molar-refractivity contribution in [1.82, 2.24) is 0 Å². The third kappa shape index (κ3) is 4.48. The molecule has 0 bridgehead atoms. The van der Waals surface area contributed by atoms with E-state index >= 15 is 0 Å². The van der Waals surface area contributed by atoms with Crippen LogP contribution in [0.15, 0.2) is 42.5 Å². The molecule has 0 aromatic heterocycles. The van der Waals surface area contributed by atoms with Crippen LogP contribution in [0.1, 0.15) is 18.4 Å². The lowest BCUT2D eigenvalue weighted by molar-refractivity contribution is 0.853. The summed E-state index contributed by atoms with van der Waals surface area (Å²) in [6.45, 7) is 0.787. The Morgan fingerprint density at radius 1 is 1.08 bits per heavy atom. The molecule has 0 heterocycles. The van der Waals surface area contributed by atoms with Crippen LogP contribution in [0.4, 0.5) is 0 Å². The maximum atomic E-state index is 5.39. The van der Waals surface area contributed by atoms with Crippen LogP contribution in [0.2, 0.25) is 0 Å². The quantitative estimate of drug-likeness (QED) is 0.540. The van der Waals surface area contributed by atoms with Crippen LogP contribution in [-0.4, -0.2) is 6.54 Å². The monoisotopic (exact) mass is 175 g/mol. The van der Waals surface area contributed by atoms with Gasteiger partial charge < -0.3 is 5.73 Å². The molecule has 13 heavy (non-hydrogen) atoms. The number of nitrogens with two attached hydrogens (primary N) is 1. The summed E-state index contributed by atoms with van der Waals surface area (Å²) in [5.41, 5.74) is 6.76. The first kappa shape index (κ1) is 10.0. The summed E-state index contributed by atoms with van der Waals surface area (Å²) >= 11 is 0.